The van der Waals surface area contributed by atoms with Crippen LogP contribution in [0.1, 0.15) is 0 Å². The highest BCUT2D eigenvalue weighted by Gasteiger charge is 2.29. The molecule has 4 heterocycles. The Morgan fingerprint density at radius 3 is 0.474 bits per heavy atom. The maximum Gasteiger partial charge on any atom is 0.190 e. The molecule has 76 heavy (non-hydrogen) atoms. The summed E-state index contributed by atoms with van der Waals surface area (Å²) >= 11 is 3.91. The third-order valence-corrected chi connectivity index (χ3v) is 12.2. The fraction of sp³-hybridized carbons (Fsp3) is 0. The first-order valence-corrected chi connectivity index (χ1v) is 23.7. The summed E-state index contributed by atoms with van der Waals surface area (Å²) in [5.74, 6) is -30.5. The molecule has 0 fully saturated rings. The van der Waals surface area contributed by atoms with Gasteiger partial charge in [-0.2, -0.15) is 20.5 Å². The molecule has 0 saturated heterocycles. The van der Waals surface area contributed by atoms with Crippen LogP contribution in [0.15, 0.2) is 139 Å². The Bertz CT molecular complexity index is 2930. The van der Waals surface area contributed by atoms with Gasteiger partial charge in [-0.25, -0.2) is 70.2 Å². The zero-order valence-corrected chi connectivity index (χ0v) is 44.8. The summed E-state index contributed by atoms with van der Waals surface area (Å²) in [6.45, 7) is 0. The second-order valence-corrected chi connectivity index (χ2v) is 17.6. The van der Waals surface area contributed by atoms with Crippen molar-refractivity contribution in [2.45, 2.75) is 0 Å². The molecule has 8 rings (SSSR count). The van der Waals surface area contributed by atoms with Crippen molar-refractivity contribution in [3.63, 3.8) is 0 Å². The number of azo groups is 4. The van der Waals surface area contributed by atoms with Crippen molar-refractivity contribution in [3.8, 4) is 0 Å². The number of benzene rings is 4. The van der Waals surface area contributed by atoms with Gasteiger partial charge in [-0.15, -0.1) is 20.5 Å². The first-order valence-electron chi connectivity index (χ1n) is 19.4. The fourth-order valence-electron chi connectivity index (χ4n) is 4.80. The molecule has 0 aliphatic carbocycles. The average Bonchev–Trinajstić information content (AvgIpc) is 3.45. The summed E-state index contributed by atoms with van der Waals surface area (Å²) in [5.41, 5.74) is -3.44. The molecule has 0 amide bonds. The van der Waals surface area contributed by atoms with Gasteiger partial charge in [-0.05, 0) is 139 Å². The normalized spacial score (nSPS) is 11.2. The molecule has 392 valence electrons. The van der Waals surface area contributed by atoms with Crippen molar-refractivity contribution >= 4 is 136 Å². The van der Waals surface area contributed by atoms with Crippen molar-refractivity contribution in [1.82, 2.24) is 19.9 Å². The zero-order valence-electron chi connectivity index (χ0n) is 36.2. The Morgan fingerprint density at radius 1 is 0.211 bits per heavy atom. The standard InChI is InChI=1S/2C12F8I2N2.2C10H8N4/c2*13-1-5(17)11(6(18)2(14)9(1)21)23-24-12-7(19)3(15)10(22)4(16)8(12)20;2*1-5-11-6-2-9(1)13-14-10-3-7-12-8-4-10/h;;2*1-8H. The molecule has 4 aromatic heterocycles. The molecule has 0 radical (unpaired) electrons. The van der Waals surface area contributed by atoms with E-state index in [1.165, 1.54) is 0 Å². The fourth-order valence-corrected chi connectivity index (χ4v) is 6.69. The van der Waals surface area contributed by atoms with Crippen LogP contribution in [0.4, 0.5) is 116 Å². The molecular formula is C44H16F16I4N12. The van der Waals surface area contributed by atoms with E-state index in [9.17, 15) is 70.2 Å². The molecule has 0 spiro atoms. The minimum atomic E-state index is -1.99. The molecule has 8 aromatic rings. The maximum absolute atomic E-state index is 13.6. The molecule has 0 saturated carbocycles. The lowest BCUT2D eigenvalue weighted by Gasteiger charge is -2.06. The highest BCUT2D eigenvalue weighted by Crippen LogP contribution is 2.37. The van der Waals surface area contributed by atoms with Gasteiger partial charge in [-0.1, -0.05) is 0 Å². The summed E-state index contributed by atoms with van der Waals surface area (Å²) < 4.78 is 211. The van der Waals surface area contributed by atoms with E-state index in [-0.39, 0.29) is 0 Å². The second kappa shape index (κ2) is 28.2. The third kappa shape index (κ3) is 15.0. The molecule has 0 aliphatic rings. The SMILES string of the molecule is Fc1c(F)c(N=Nc2c(F)c(F)c(I)c(F)c2F)c(F)c(F)c1I.Fc1c(F)c(N=Nc2c(F)c(F)c(I)c(F)c2F)c(F)c(F)c1I.c1cc(N=Nc2ccncc2)ccn1.c1cc(N=Nc2ccncc2)ccn1. The Hall–Kier alpha value is -6.32. The summed E-state index contributed by atoms with van der Waals surface area (Å²) in [5, 5.41) is 26.7. The van der Waals surface area contributed by atoms with E-state index in [1.54, 1.807) is 98.1 Å². The van der Waals surface area contributed by atoms with Crippen molar-refractivity contribution in [3.05, 3.63) is 205 Å². The lowest BCUT2D eigenvalue weighted by atomic mass is 10.2. The van der Waals surface area contributed by atoms with Crippen molar-refractivity contribution < 1.29 is 70.2 Å². The monoisotopic (exact) mass is 1520 g/mol. The summed E-state index contributed by atoms with van der Waals surface area (Å²) in [6.07, 6.45) is 13.5. The largest absolute Gasteiger partial charge is 0.265 e. The van der Waals surface area contributed by atoms with E-state index in [0.29, 0.717) is 0 Å². The number of halogens is 20. The predicted molar refractivity (Wildman–Crippen MR) is 270 cm³/mol. The molecule has 32 heteroatoms. The summed E-state index contributed by atoms with van der Waals surface area (Å²) in [4.78, 5) is 15.6. The van der Waals surface area contributed by atoms with Gasteiger partial charge in [0, 0.05) is 49.6 Å². The number of rotatable bonds is 8. The van der Waals surface area contributed by atoms with Crippen LogP contribution in [0.3, 0.4) is 0 Å². The summed E-state index contributed by atoms with van der Waals surface area (Å²) in [7, 11) is 0. The van der Waals surface area contributed by atoms with Crippen LogP contribution in [0.25, 0.3) is 0 Å². The van der Waals surface area contributed by atoms with Gasteiger partial charge in [0.25, 0.3) is 0 Å². The highest BCUT2D eigenvalue weighted by atomic mass is 127. The quantitative estimate of drug-likeness (QED) is 0.0489. The Kier molecular flexibility index (Phi) is 22.4. The van der Waals surface area contributed by atoms with E-state index >= 15 is 0 Å². The molecule has 0 bridgehead atoms. The van der Waals surface area contributed by atoms with Gasteiger partial charge in [0.2, 0.25) is 0 Å². The smallest absolute Gasteiger partial charge is 0.190 e. The topological polar surface area (TPSA) is 150 Å². The van der Waals surface area contributed by atoms with Crippen LogP contribution in [0.5, 0.6) is 0 Å². The molecule has 4 aromatic carbocycles. The van der Waals surface area contributed by atoms with Gasteiger partial charge < -0.3 is 0 Å². The van der Waals surface area contributed by atoms with Crippen LogP contribution < -0.4 is 0 Å². The van der Waals surface area contributed by atoms with Crippen LogP contribution in [0, 0.1) is 107 Å². The lowest BCUT2D eigenvalue weighted by Crippen LogP contribution is -2.00. The number of pyridine rings is 4. The highest BCUT2D eigenvalue weighted by molar-refractivity contribution is 14.1. The first kappa shape index (κ1) is 60.5. The molecule has 0 aliphatic heterocycles. The number of hydrogen-bond acceptors (Lipinski definition) is 12. The number of aromatic nitrogens is 4. The van der Waals surface area contributed by atoms with Crippen LogP contribution in [0.2, 0.25) is 0 Å². The van der Waals surface area contributed by atoms with E-state index < -0.39 is 130 Å². The Morgan fingerprint density at radius 2 is 0.342 bits per heavy atom. The first-order chi connectivity index (χ1) is 36.1. The van der Waals surface area contributed by atoms with Crippen LogP contribution in [-0.4, -0.2) is 19.9 Å². The predicted octanol–water partition coefficient (Wildman–Crippen LogP) is 18.6. The van der Waals surface area contributed by atoms with Crippen LogP contribution in [-0.2, 0) is 0 Å². The van der Waals surface area contributed by atoms with E-state index in [0.717, 1.165) is 113 Å². The number of nitrogens with zero attached hydrogens (tertiary/aromatic N) is 12. The minimum Gasteiger partial charge on any atom is -0.265 e. The minimum absolute atomic E-state index is 0.789. The zero-order chi connectivity index (χ0) is 56.0. The molecular weight excluding hydrogens is 1510 g/mol. The lowest BCUT2D eigenvalue weighted by molar-refractivity contribution is 0.444. The van der Waals surface area contributed by atoms with Gasteiger partial charge in [-0.3, -0.25) is 19.9 Å². The average molecular weight is 1520 g/mol. The van der Waals surface area contributed by atoms with Gasteiger partial charge in [0.1, 0.15) is 0 Å². The van der Waals surface area contributed by atoms with E-state index in [2.05, 4.69) is 60.8 Å². The van der Waals surface area contributed by atoms with Gasteiger partial charge in [0.05, 0.1) is 37.0 Å². The van der Waals surface area contributed by atoms with E-state index in [4.69, 9.17) is 0 Å². The maximum atomic E-state index is 13.6. The van der Waals surface area contributed by atoms with E-state index in [1.807, 2.05) is 0 Å². The van der Waals surface area contributed by atoms with Gasteiger partial charge in [0.15, 0.2) is 116 Å². The number of hydrogen-bond donors (Lipinski definition) is 0. The molecule has 12 nitrogen and oxygen atoms in total. The van der Waals surface area contributed by atoms with Crippen molar-refractivity contribution in [2.75, 3.05) is 0 Å². The third-order valence-electron chi connectivity index (χ3n) is 8.46. The Labute approximate surface area is 468 Å². The van der Waals surface area contributed by atoms with Crippen molar-refractivity contribution in [1.29, 1.82) is 0 Å². The molecule has 0 N–H and O–H groups in total. The van der Waals surface area contributed by atoms with Gasteiger partial charge >= 0.3 is 0 Å². The molecule has 0 unspecified atom stereocenters. The molecule has 0 atom stereocenters. The van der Waals surface area contributed by atoms with Crippen LogP contribution >= 0.6 is 90.4 Å². The summed E-state index contributed by atoms with van der Waals surface area (Å²) in [6, 6.07) is 14.4. The van der Waals surface area contributed by atoms with Crippen molar-refractivity contribution in [2.24, 2.45) is 40.9 Å². The Balaban J connectivity index is 0.000000193. The second-order valence-electron chi connectivity index (χ2n) is 13.3.